The lowest BCUT2D eigenvalue weighted by Crippen LogP contribution is -2.28. The minimum absolute atomic E-state index is 0.0145. The number of aliphatic imine (C=N–C) groups is 1. The molecule has 0 radical (unpaired) electrons. The first kappa shape index (κ1) is 24.7. The quantitative estimate of drug-likeness (QED) is 0.254. The van der Waals surface area contributed by atoms with Gasteiger partial charge in [-0.05, 0) is 43.4 Å². The van der Waals surface area contributed by atoms with Crippen molar-refractivity contribution in [3.63, 3.8) is 0 Å². The first-order valence-electron chi connectivity index (χ1n) is 11.5. The van der Waals surface area contributed by atoms with E-state index in [1.807, 2.05) is 61.6 Å². The number of nitrogens with zero attached hydrogens (tertiary/aromatic N) is 2. The van der Waals surface area contributed by atoms with Crippen molar-refractivity contribution in [1.29, 1.82) is 0 Å². The van der Waals surface area contributed by atoms with Gasteiger partial charge in [0.1, 0.15) is 0 Å². The number of methoxy groups -OCH3 is 1. The van der Waals surface area contributed by atoms with E-state index in [0.717, 1.165) is 11.3 Å². The number of aromatic hydroxyl groups is 1. The number of nitrogens with one attached hydrogen (secondary N) is 2. The van der Waals surface area contributed by atoms with Crippen LogP contribution in [0.2, 0.25) is 0 Å². The van der Waals surface area contributed by atoms with Crippen molar-refractivity contribution in [2.24, 2.45) is 4.99 Å². The number of benzene rings is 3. The zero-order chi connectivity index (χ0) is 25.7. The summed E-state index contributed by atoms with van der Waals surface area (Å²) in [6.07, 6.45) is 0.405. The second-order valence-electron chi connectivity index (χ2n) is 8.25. The fraction of sp³-hybridized carbons (Fsp3) is 0.179. The van der Waals surface area contributed by atoms with Gasteiger partial charge in [-0.25, -0.2) is 9.79 Å². The molecule has 1 heterocycles. The molecule has 0 aliphatic heterocycles. The number of ether oxygens (including phenoxy) is 1. The normalized spacial score (nSPS) is 11.5. The Morgan fingerprint density at radius 1 is 1.03 bits per heavy atom. The SMILES string of the molecule is CNCCC(=O)N(C)c1ccc(N=C(c2ccccc2)c2c(O)[nH]c3cc(C(=O)OC)ccc23)cc1. The minimum atomic E-state index is -0.459. The molecular formula is C28H28N4O4. The van der Waals surface area contributed by atoms with Gasteiger partial charge in [0.25, 0.3) is 0 Å². The summed E-state index contributed by atoms with van der Waals surface area (Å²) < 4.78 is 4.81. The number of hydrogen-bond acceptors (Lipinski definition) is 6. The van der Waals surface area contributed by atoms with Crippen LogP contribution < -0.4 is 10.2 Å². The topological polar surface area (TPSA) is 107 Å². The second-order valence-corrected chi connectivity index (χ2v) is 8.25. The fourth-order valence-electron chi connectivity index (χ4n) is 3.95. The van der Waals surface area contributed by atoms with Crippen LogP contribution in [-0.2, 0) is 9.53 Å². The molecule has 8 nitrogen and oxygen atoms in total. The smallest absolute Gasteiger partial charge is 0.337 e. The maximum atomic E-state index is 12.4. The summed E-state index contributed by atoms with van der Waals surface area (Å²) in [4.78, 5) is 33.8. The van der Waals surface area contributed by atoms with Crippen LogP contribution in [0.3, 0.4) is 0 Å². The number of anilines is 1. The molecule has 1 amide bonds. The number of carbonyl (C=O) groups is 2. The molecule has 3 N–H and O–H groups in total. The molecule has 0 fully saturated rings. The van der Waals surface area contributed by atoms with Crippen LogP contribution in [0.5, 0.6) is 5.88 Å². The Morgan fingerprint density at radius 3 is 2.42 bits per heavy atom. The third kappa shape index (κ3) is 5.13. The van der Waals surface area contributed by atoms with Crippen LogP contribution in [0, 0.1) is 0 Å². The molecule has 0 saturated carbocycles. The van der Waals surface area contributed by atoms with Gasteiger partial charge in [0.2, 0.25) is 5.91 Å². The number of fused-ring (bicyclic) bond motifs is 1. The summed E-state index contributed by atoms with van der Waals surface area (Å²) in [5.74, 6) is -0.499. The Balaban J connectivity index is 1.76. The van der Waals surface area contributed by atoms with E-state index in [-0.39, 0.29) is 11.8 Å². The Bertz CT molecular complexity index is 1410. The van der Waals surface area contributed by atoms with Crippen LogP contribution >= 0.6 is 0 Å². The summed E-state index contributed by atoms with van der Waals surface area (Å²) in [5.41, 5.74) is 4.29. The van der Waals surface area contributed by atoms with Gasteiger partial charge < -0.3 is 25.0 Å². The molecule has 184 valence electrons. The van der Waals surface area contributed by atoms with E-state index in [2.05, 4.69) is 10.3 Å². The average Bonchev–Trinajstić information content (AvgIpc) is 3.24. The van der Waals surface area contributed by atoms with Crippen LogP contribution in [0.25, 0.3) is 10.9 Å². The number of rotatable bonds is 8. The number of esters is 1. The molecule has 36 heavy (non-hydrogen) atoms. The minimum Gasteiger partial charge on any atom is -0.494 e. The summed E-state index contributed by atoms with van der Waals surface area (Å²) in [5, 5.41) is 14.6. The maximum absolute atomic E-state index is 12.4. The summed E-state index contributed by atoms with van der Waals surface area (Å²) >= 11 is 0. The van der Waals surface area contributed by atoms with Gasteiger partial charge in [-0.15, -0.1) is 0 Å². The van der Waals surface area contributed by atoms with Crippen LogP contribution in [0.1, 0.15) is 27.9 Å². The number of carbonyl (C=O) groups excluding carboxylic acids is 2. The van der Waals surface area contributed by atoms with E-state index in [1.165, 1.54) is 7.11 Å². The predicted molar refractivity (Wildman–Crippen MR) is 141 cm³/mol. The van der Waals surface area contributed by atoms with E-state index < -0.39 is 5.97 Å². The summed E-state index contributed by atoms with van der Waals surface area (Å²) in [6.45, 7) is 0.612. The van der Waals surface area contributed by atoms with Gasteiger partial charge in [-0.3, -0.25) is 4.79 Å². The van der Waals surface area contributed by atoms with Crippen molar-refractivity contribution >= 4 is 39.9 Å². The van der Waals surface area contributed by atoms with Gasteiger partial charge in [0.15, 0.2) is 5.88 Å². The van der Waals surface area contributed by atoms with Crippen LogP contribution in [0.15, 0.2) is 77.8 Å². The summed E-state index contributed by atoms with van der Waals surface area (Å²) in [6, 6.07) is 22.0. The van der Waals surface area contributed by atoms with Crippen LogP contribution in [-0.4, -0.2) is 55.4 Å². The molecule has 1 aromatic heterocycles. The van der Waals surface area contributed by atoms with E-state index in [4.69, 9.17) is 9.73 Å². The summed E-state index contributed by atoms with van der Waals surface area (Å²) in [7, 11) is 4.89. The van der Waals surface area contributed by atoms with Crippen LogP contribution in [0.4, 0.5) is 11.4 Å². The monoisotopic (exact) mass is 484 g/mol. The van der Waals surface area contributed by atoms with Crippen molar-refractivity contribution in [3.05, 3.63) is 89.5 Å². The molecule has 0 spiro atoms. The molecule has 0 bridgehead atoms. The molecule has 0 saturated heterocycles. The van der Waals surface area contributed by atoms with Crippen molar-refractivity contribution in [3.8, 4) is 5.88 Å². The highest BCUT2D eigenvalue weighted by atomic mass is 16.5. The molecule has 8 heteroatoms. The zero-order valence-electron chi connectivity index (χ0n) is 20.4. The third-order valence-electron chi connectivity index (χ3n) is 5.92. The number of hydrogen-bond donors (Lipinski definition) is 3. The molecule has 4 rings (SSSR count). The number of aromatic amines is 1. The number of H-pyrrole nitrogens is 1. The van der Waals surface area contributed by atoms with Crippen molar-refractivity contribution in [2.45, 2.75) is 6.42 Å². The first-order valence-corrected chi connectivity index (χ1v) is 11.5. The molecule has 0 unspecified atom stereocenters. The number of aromatic nitrogens is 1. The largest absolute Gasteiger partial charge is 0.494 e. The molecule has 3 aromatic carbocycles. The predicted octanol–water partition coefficient (Wildman–Crippen LogP) is 4.40. The van der Waals surface area contributed by atoms with Gasteiger partial charge >= 0.3 is 5.97 Å². The standard InChI is InChI=1S/C28H28N4O4/c1-29-16-15-24(33)32(2)21-12-10-20(11-13-21)30-26(18-7-5-4-6-8-18)25-22-14-9-19(28(35)36-3)17-23(22)31-27(25)34/h4-14,17,29,31,34H,15-16H2,1-3H3. The van der Waals surface area contributed by atoms with Gasteiger partial charge in [0.05, 0.1) is 29.6 Å². The highest BCUT2D eigenvalue weighted by Gasteiger charge is 2.20. The lowest BCUT2D eigenvalue weighted by molar-refractivity contribution is -0.118. The Morgan fingerprint density at radius 2 is 1.75 bits per heavy atom. The van der Waals surface area contributed by atoms with E-state index in [9.17, 15) is 14.7 Å². The fourth-order valence-corrected chi connectivity index (χ4v) is 3.95. The number of amides is 1. The lowest BCUT2D eigenvalue weighted by Gasteiger charge is -2.17. The van der Waals surface area contributed by atoms with Gasteiger partial charge in [0, 0.05) is 42.2 Å². The molecule has 0 aliphatic rings. The Labute approximate surface area is 209 Å². The average molecular weight is 485 g/mol. The highest BCUT2D eigenvalue weighted by molar-refractivity contribution is 6.22. The Kier molecular flexibility index (Phi) is 7.46. The highest BCUT2D eigenvalue weighted by Crippen LogP contribution is 2.32. The molecule has 4 aromatic rings. The third-order valence-corrected chi connectivity index (χ3v) is 5.92. The first-order chi connectivity index (χ1) is 17.4. The Hall–Kier alpha value is -4.43. The van der Waals surface area contributed by atoms with Gasteiger partial charge in [-0.1, -0.05) is 36.4 Å². The van der Waals surface area contributed by atoms with Gasteiger partial charge in [-0.2, -0.15) is 0 Å². The zero-order valence-corrected chi connectivity index (χ0v) is 20.4. The van der Waals surface area contributed by atoms with E-state index in [0.29, 0.717) is 46.4 Å². The lowest BCUT2D eigenvalue weighted by atomic mass is 10.00. The van der Waals surface area contributed by atoms with E-state index in [1.54, 1.807) is 30.1 Å². The molecular weight excluding hydrogens is 456 g/mol. The molecule has 0 atom stereocenters. The van der Waals surface area contributed by atoms with E-state index >= 15 is 0 Å². The van der Waals surface area contributed by atoms with Crippen molar-refractivity contribution in [2.75, 3.05) is 32.6 Å². The van der Waals surface area contributed by atoms with Crippen molar-refractivity contribution < 1.29 is 19.4 Å². The second kappa shape index (κ2) is 10.9. The maximum Gasteiger partial charge on any atom is 0.337 e. The van der Waals surface area contributed by atoms with Crippen molar-refractivity contribution in [1.82, 2.24) is 10.3 Å². The molecule has 0 aliphatic carbocycles.